The molecule has 0 aliphatic rings. The summed E-state index contributed by atoms with van der Waals surface area (Å²) in [6.45, 7) is 0. The number of nitrogens with zero attached hydrogens (tertiary/aromatic N) is 3. The largest absolute Gasteiger partial charge is 0.418 e. The zero-order valence-corrected chi connectivity index (χ0v) is 12.9. The molecule has 0 atom stereocenters. The lowest BCUT2D eigenvalue weighted by Gasteiger charge is -2.14. The van der Waals surface area contributed by atoms with Gasteiger partial charge in [0.1, 0.15) is 17.3 Å². The Morgan fingerprint density at radius 3 is 2.23 bits per heavy atom. The van der Waals surface area contributed by atoms with Gasteiger partial charge >= 0.3 is 6.18 Å². The van der Waals surface area contributed by atoms with E-state index in [1.54, 1.807) is 0 Å². The van der Waals surface area contributed by atoms with Crippen LogP contribution in [-0.2, 0) is 6.18 Å². The highest BCUT2D eigenvalue weighted by molar-refractivity contribution is 5.62. The highest BCUT2D eigenvalue weighted by Gasteiger charge is 2.33. The predicted octanol–water partition coefficient (Wildman–Crippen LogP) is 4.66. The highest BCUT2D eigenvalue weighted by atomic mass is 19.4. The smallest absolute Gasteiger partial charge is 0.338 e. The van der Waals surface area contributed by atoms with E-state index < -0.39 is 29.1 Å². The van der Waals surface area contributed by atoms with Gasteiger partial charge in [0.05, 0.1) is 17.4 Å². The summed E-state index contributed by atoms with van der Waals surface area (Å²) in [4.78, 5) is 3.87. The van der Waals surface area contributed by atoms with E-state index in [9.17, 15) is 22.0 Å². The van der Waals surface area contributed by atoms with Crippen LogP contribution in [0.4, 0.5) is 45.1 Å². The number of nitrogens with one attached hydrogen (secondary N) is 2. The molecular weight excluding hydrogens is 357 g/mol. The third kappa shape index (κ3) is 3.85. The molecule has 10 heteroatoms. The zero-order chi connectivity index (χ0) is 18.7. The van der Waals surface area contributed by atoms with Crippen LogP contribution < -0.4 is 10.6 Å². The van der Waals surface area contributed by atoms with Crippen LogP contribution in [0.2, 0.25) is 0 Å². The normalized spacial score (nSPS) is 11.3. The van der Waals surface area contributed by atoms with Crippen LogP contribution in [0.5, 0.6) is 0 Å². The second kappa shape index (κ2) is 6.90. The van der Waals surface area contributed by atoms with Gasteiger partial charge in [0, 0.05) is 0 Å². The summed E-state index contributed by atoms with van der Waals surface area (Å²) in [5.41, 5.74) is -1.64. The summed E-state index contributed by atoms with van der Waals surface area (Å²) < 4.78 is 66.4. The first-order chi connectivity index (χ1) is 12.3. The first-order valence-corrected chi connectivity index (χ1v) is 7.18. The van der Waals surface area contributed by atoms with Crippen LogP contribution in [0, 0.1) is 11.6 Å². The van der Waals surface area contributed by atoms with E-state index in [4.69, 9.17) is 0 Å². The van der Waals surface area contributed by atoms with Crippen LogP contribution in [0.15, 0.2) is 48.7 Å². The maximum absolute atomic E-state index is 13.6. The molecule has 1 heterocycles. The lowest BCUT2D eigenvalue weighted by molar-refractivity contribution is -0.136. The number of benzene rings is 2. The highest BCUT2D eigenvalue weighted by Crippen LogP contribution is 2.35. The molecule has 26 heavy (non-hydrogen) atoms. The van der Waals surface area contributed by atoms with E-state index >= 15 is 0 Å². The van der Waals surface area contributed by atoms with Gasteiger partial charge in [-0.3, -0.25) is 0 Å². The lowest BCUT2D eigenvalue weighted by Crippen LogP contribution is -2.10. The van der Waals surface area contributed by atoms with E-state index in [2.05, 4.69) is 25.8 Å². The van der Waals surface area contributed by atoms with Crippen LogP contribution in [0.3, 0.4) is 0 Å². The third-order valence-electron chi connectivity index (χ3n) is 3.25. The molecule has 2 N–H and O–H groups in total. The van der Waals surface area contributed by atoms with Crippen LogP contribution in [0.25, 0.3) is 0 Å². The third-order valence-corrected chi connectivity index (χ3v) is 3.25. The second-order valence-electron chi connectivity index (χ2n) is 5.06. The lowest BCUT2D eigenvalue weighted by atomic mass is 10.1. The van der Waals surface area contributed by atoms with E-state index in [0.717, 1.165) is 24.4 Å². The van der Waals surface area contributed by atoms with Crippen molar-refractivity contribution in [2.45, 2.75) is 6.18 Å². The number of alkyl halides is 3. The van der Waals surface area contributed by atoms with Crippen molar-refractivity contribution in [3.05, 3.63) is 65.9 Å². The Morgan fingerprint density at radius 2 is 1.54 bits per heavy atom. The number of hydrogen-bond acceptors (Lipinski definition) is 5. The molecule has 3 aromatic rings. The van der Waals surface area contributed by atoms with Crippen LogP contribution in [0.1, 0.15) is 5.56 Å². The summed E-state index contributed by atoms with van der Waals surface area (Å²) in [5.74, 6) is -2.14. The zero-order valence-electron chi connectivity index (χ0n) is 12.9. The van der Waals surface area contributed by atoms with Crippen molar-refractivity contribution in [2.24, 2.45) is 0 Å². The van der Waals surface area contributed by atoms with E-state index in [-0.39, 0.29) is 17.5 Å². The van der Waals surface area contributed by atoms with E-state index in [1.807, 2.05) is 0 Å². The number of halogens is 5. The Hall–Kier alpha value is -3.30. The SMILES string of the molecule is Fc1cccc(F)c1Nc1nncc(Nc2ccccc2C(F)(F)F)n1. The first kappa shape index (κ1) is 17.5. The van der Waals surface area contributed by atoms with Gasteiger partial charge in [-0.1, -0.05) is 18.2 Å². The van der Waals surface area contributed by atoms with Gasteiger partial charge in [0.25, 0.3) is 0 Å². The number of rotatable bonds is 4. The summed E-state index contributed by atoms with van der Waals surface area (Å²) in [6.07, 6.45) is -3.49. The Morgan fingerprint density at radius 1 is 0.846 bits per heavy atom. The molecule has 0 aliphatic heterocycles. The van der Waals surface area contributed by atoms with Crippen molar-refractivity contribution in [2.75, 3.05) is 10.6 Å². The molecule has 0 amide bonds. The Bertz CT molecular complexity index is 909. The molecule has 0 aliphatic carbocycles. The molecule has 2 aromatic carbocycles. The Kier molecular flexibility index (Phi) is 4.65. The van der Waals surface area contributed by atoms with Gasteiger partial charge in [0.15, 0.2) is 5.82 Å². The minimum atomic E-state index is -4.57. The summed E-state index contributed by atoms with van der Waals surface area (Å²) in [5, 5.41) is 11.9. The van der Waals surface area contributed by atoms with Gasteiger partial charge < -0.3 is 10.6 Å². The fourth-order valence-electron chi connectivity index (χ4n) is 2.12. The van der Waals surface area contributed by atoms with E-state index in [0.29, 0.717) is 0 Å². The average Bonchev–Trinajstić information content (AvgIpc) is 2.58. The van der Waals surface area contributed by atoms with Gasteiger partial charge in [-0.2, -0.15) is 23.3 Å². The summed E-state index contributed by atoms with van der Waals surface area (Å²) in [7, 11) is 0. The molecule has 0 saturated heterocycles. The molecule has 1 aromatic heterocycles. The molecule has 0 unspecified atom stereocenters. The van der Waals surface area contributed by atoms with Gasteiger partial charge in [-0.25, -0.2) is 8.78 Å². The van der Waals surface area contributed by atoms with E-state index in [1.165, 1.54) is 24.3 Å². The second-order valence-corrected chi connectivity index (χ2v) is 5.06. The summed E-state index contributed by atoms with van der Waals surface area (Å²) >= 11 is 0. The molecule has 134 valence electrons. The van der Waals surface area contributed by atoms with Gasteiger partial charge in [-0.05, 0) is 24.3 Å². The van der Waals surface area contributed by atoms with Crippen molar-refractivity contribution >= 4 is 23.1 Å². The van der Waals surface area contributed by atoms with Crippen molar-refractivity contribution in [1.29, 1.82) is 0 Å². The molecule has 0 bridgehead atoms. The van der Waals surface area contributed by atoms with Gasteiger partial charge in [-0.15, -0.1) is 5.10 Å². The minimum absolute atomic E-state index is 0.0871. The molecule has 0 radical (unpaired) electrons. The molecule has 0 spiro atoms. The number of para-hydroxylation sites is 2. The quantitative estimate of drug-likeness (QED) is 0.657. The summed E-state index contributed by atoms with van der Waals surface area (Å²) in [6, 6.07) is 8.03. The first-order valence-electron chi connectivity index (χ1n) is 7.18. The maximum atomic E-state index is 13.6. The monoisotopic (exact) mass is 367 g/mol. The standard InChI is InChI=1S/C16H10F5N5/c17-10-5-3-6-11(18)14(10)25-15-24-13(8-22-26-15)23-12-7-2-1-4-9(12)16(19,20)21/h1-8H,(H2,23,24,25,26). The maximum Gasteiger partial charge on any atom is 0.418 e. The minimum Gasteiger partial charge on any atom is -0.338 e. The number of anilines is 4. The molecule has 0 fully saturated rings. The van der Waals surface area contributed by atoms with Crippen molar-refractivity contribution < 1.29 is 22.0 Å². The molecule has 5 nitrogen and oxygen atoms in total. The average molecular weight is 367 g/mol. The van der Waals surface area contributed by atoms with Crippen molar-refractivity contribution in [3.63, 3.8) is 0 Å². The van der Waals surface area contributed by atoms with Gasteiger partial charge in [0.2, 0.25) is 5.95 Å². The van der Waals surface area contributed by atoms with Crippen LogP contribution in [-0.4, -0.2) is 15.2 Å². The number of hydrogen-bond donors (Lipinski definition) is 2. The Balaban J connectivity index is 1.87. The molecule has 3 rings (SSSR count). The van der Waals surface area contributed by atoms with Crippen molar-refractivity contribution in [3.8, 4) is 0 Å². The predicted molar refractivity (Wildman–Crippen MR) is 84.2 cm³/mol. The fourth-order valence-corrected chi connectivity index (χ4v) is 2.12. The fraction of sp³-hybridized carbons (Fsp3) is 0.0625. The number of aromatic nitrogens is 3. The van der Waals surface area contributed by atoms with Crippen molar-refractivity contribution in [1.82, 2.24) is 15.2 Å². The topological polar surface area (TPSA) is 62.7 Å². The van der Waals surface area contributed by atoms with Crippen LogP contribution >= 0.6 is 0 Å². The molecule has 0 saturated carbocycles. The molecular formula is C16H10F5N5. The Labute approximate surface area is 143 Å².